The van der Waals surface area contributed by atoms with Crippen LogP contribution >= 0.6 is 0 Å². The molecule has 3 rings (SSSR count). The summed E-state index contributed by atoms with van der Waals surface area (Å²) >= 11 is 0. The van der Waals surface area contributed by atoms with E-state index in [-0.39, 0.29) is 30.2 Å². The highest BCUT2D eigenvalue weighted by molar-refractivity contribution is 5.94. The van der Waals surface area contributed by atoms with E-state index in [4.69, 9.17) is 13.8 Å². The molecule has 1 aliphatic heterocycles. The molecule has 1 atom stereocenters. The summed E-state index contributed by atoms with van der Waals surface area (Å²) < 4.78 is 15.7. The lowest BCUT2D eigenvalue weighted by Crippen LogP contribution is -2.52. The second-order valence-corrected chi connectivity index (χ2v) is 8.71. The molecule has 2 amide bonds. The molecule has 32 heavy (non-hydrogen) atoms. The Morgan fingerprint density at radius 3 is 2.75 bits per heavy atom. The molecule has 3 heterocycles. The summed E-state index contributed by atoms with van der Waals surface area (Å²) in [5.74, 6) is 1.99. The Morgan fingerprint density at radius 2 is 2.06 bits per heavy atom. The highest BCUT2D eigenvalue weighted by Crippen LogP contribution is 2.22. The number of nitrogens with zero attached hydrogens (tertiary/aromatic N) is 5. The molecule has 0 aliphatic carbocycles. The number of rotatable bonds is 9. The zero-order valence-corrected chi connectivity index (χ0v) is 19.6. The van der Waals surface area contributed by atoms with Crippen LogP contribution in [0.3, 0.4) is 0 Å². The third-order valence-electron chi connectivity index (χ3n) is 5.67. The molecule has 0 radical (unpaired) electrons. The Labute approximate surface area is 188 Å². The van der Waals surface area contributed by atoms with Crippen LogP contribution in [0.1, 0.15) is 67.1 Å². The zero-order valence-electron chi connectivity index (χ0n) is 19.6. The van der Waals surface area contributed by atoms with E-state index in [1.54, 1.807) is 25.9 Å². The number of carbonyl (C=O) groups is 2. The number of carbonyl (C=O) groups excluding carboxylic acids is 2. The molecule has 0 N–H and O–H groups in total. The van der Waals surface area contributed by atoms with Crippen LogP contribution in [-0.4, -0.2) is 69.7 Å². The third-order valence-corrected chi connectivity index (χ3v) is 5.67. The van der Waals surface area contributed by atoms with Gasteiger partial charge in [0, 0.05) is 52.6 Å². The lowest BCUT2D eigenvalue weighted by atomic mass is 10.0. The lowest BCUT2D eigenvalue weighted by Gasteiger charge is -2.38. The Balaban J connectivity index is 1.65. The van der Waals surface area contributed by atoms with Crippen molar-refractivity contribution < 1.29 is 23.4 Å². The minimum absolute atomic E-state index is 0.0347. The Morgan fingerprint density at radius 1 is 1.28 bits per heavy atom. The van der Waals surface area contributed by atoms with Crippen molar-refractivity contribution in [2.75, 3.05) is 26.7 Å². The van der Waals surface area contributed by atoms with Crippen LogP contribution in [0.4, 0.5) is 0 Å². The zero-order chi connectivity index (χ0) is 23.3. The summed E-state index contributed by atoms with van der Waals surface area (Å²) in [6.45, 7) is 9.30. The Kier molecular flexibility index (Phi) is 8.00. The van der Waals surface area contributed by atoms with Crippen LogP contribution in [0.25, 0.3) is 0 Å². The maximum Gasteiger partial charge on any atom is 0.276 e. The molecule has 10 heteroatoms. The maximum atomic E-state index is 13.1. The van der Waals surface area contributed by atoms with Crippen LogP contribution in [0, 0.1) is 12.8 Å². The molecule has 0 aromatic carbocycles. The number of likely N-dealkylation sites (tertiary alicyclic amines) is 1. The summed E-state index contributed by atoms with van der Waals surface area (Å²) in [6, 6.07) is -0.0777. The number of amides is 2. The van der Waals surface area contributed by atoms with Crippen molar-refractivity contribution in [3.05, 3.63) is 28.7 Å². The lowest BCUT2D eigenvalue weighted by molar-refractivity contribution is -0.132. The van der Waals surface area contributed by atoms with Crippen molar-refractivity contribution in [3.63, 3.8) is 0 Å². The van der Waals surface area contributed by atoms with E-state index in [0.717, 1.165) is 19.3 Å². The van der Waals surface area contributed by atoms with Crippen molar-refractivity contribution >= 4 is 11.8 Å². The topological polar surface area (TPSA) is 115 Å². The van der Waals surface area contributed by atoms with Gasteiger partial charge >= 0.3 is 0 Å². The van der Waals surface area contributed by atoms with Gasteiger partial charge in [0.15, 0.2) is 11.5 Å². The molecule has 0 saturated carbocycles. The van der Waals surface area contributed by atoms with Gasteiger partial charge in [-0.3, -0.25) is 9.59 Å². The normalized spacial score (nSPS) is 16.6. The van der Waals surface area contributed by atoms with Crippen LogP contribution in [-0.2, 0) is 29.0 Å². The first kappa shape index (κ1) is 23.9. The number of hydrogen-bond acceptors (Lipinski definition) is 8. The van der Waals surface area contributed by atoms with Gasteiger partial charge in [-0.05, 0) is 25.7 Å². The van der Waals surface area contributed by atoms with E-state index in [1.165, 1.54) is 0 Å². The highest BCUT2D eigenvalue weighted by atomic mass is 16.5. The number of piperidine rings is 1. The molecule has 10 nitrogen and oxygen atoms in total. The van der Waals surface area contributed by atoms with Gasteiger partial charge in [0.2, 0.25) is 11.8 Å². The number of methoxy groups -OCH3 is 1. The van der Waals surface area contributed by atoms with Gasteiger partial charge in [-0.15, -0.1) is 0 Å². The quantitative estimate of drug-likeness (QED) is 0.576. The fourth-order valence-electron chi connectivity index (χ4n) is 4.06. The molecule has 1 unspecified atom stereocenters. The molecule has 176 valence electrons. The predicted octanol–water partition coefficient (Wildman–Crippen LogP) is 2.41. The van der Waals surface area contributed by atoms with Crippen LogP contribution in [0.15, 0.2) is 9.05 Å². The first-order valence-corrected chi connectivity index (χ1v) is 11.1. The van der Waals surface area contributed by atoms with E-state index in [0.29, 0.717) is 55.0 Å². The van der Waals surface area contributed by atoms with Crippen molar-refractivity contribution in [1.82, 2.24) is 25.1 Å². The van der Waals surface area contributed by atoms with E-state index in [2.05, 4.69) is 29.1 Å². The second kappa shape index (κ2) is 10.7. The van der Waals surface area contributed by atoms with Crippen LogP contribution < -0.4 is 0 Å². The van der Waals surface area contributed by atoms with Crippen LogP contribution in [0.5, 0.6) is 0 Å². The fourth-order valence-corrected chi connectivity index (χ4v) is 4.06. The molecule has 0 spiro atoms. The average Bonchev–Trinajstić information content (AvgIpc) is 3.34. The van der Waals surface area contributed by atoms with E-state index < -0.39 is 0 Å². The van der Waals surface area contributed by atoms with Crippen LogP contribution in [0.2, 0.25) is 0 Å². The van der Waals surface area contributed by atoms with Gasteiger partial charge in [0.25, 0.3) is 5.91 Å². The SMILES string of the molecule is COCc1c(C(=O)N2CCCC(N(CCc3noc(CC(C)C)n3)C(C)=O)C2)noc1C. The first-order chi connectivity index (χ1) is 15.3. The fraction of sp³-hybridized carbons (Fsp3) is 0.682. The minimum Gasteiger partial charge on any atom is -0.380 e. The molecule has 0 bridgehead atoms. The molecule has 2 aromatic rings. The van der Waals surface area contributed by atoms with Gasteiger partial charge in [0.05, 0.1) is 12.2 Å². The Hall–Kier alpha value is -2.75. The number of aromatic nitrogens is 3. The van der Waals surface area contributed by atoms with Crippen molar-refractivity contribution in [1.29, 1.82) is 0 Å². The Bertz CT molecular complexity index is 922. The molecular weight excluding hydrogens is 414 g/mol. The minimum atomic E-state index is -0.196. The standard InChI is InChI=1S/C22H33N5O5/c1-14(2)11-20-23-19(24-32-20)8-10-27(16(4)28)17-7-6-9-26(12-17)22(29)21-18(13-30-5)15(3)31-25-21/h14,17H,6-13H2,1-5H3. The number of ether oxygens (including phenoxy) is 1. The van der Waals surface area contributed by atoms with E-state index >= 15 is 0 Å². The van der Waals surface area contributed by atoms with Crippen molar-refractivity contribution in [2.45, 2.75) is 66.0 Å². The molecule has 1 aliphatic rings. The average molecular weight is 448 g/mol. The highest BCUT2D eigenvalue weighted by Gasteiger charge is 2.32. The summed E-state index contributed by atoms with van der Waals surface area (Å²) in [5.41, 5.74) is 0.946. The molecule has 1 saturated heterocycles. The van der Waals surface area contributed by atoms with Crippen molar-refractivity contribution in [2.24, 2.45) is 5.92 Å². The van der Waals surface area contributed by atoms with Gasteiger partial charge in [-0.25, -0.2) is 0 Å². The summed E-state index contributed by atoms with van der Waals surface area (Å²) in [4.78, 5) is 33.5. The smallest absolute Gasteiger partial charge is 0.276 e. The maximum absolute atomic E-state index is 13.1. The van der Waals surface area contributed by atoms with E-state index in [1.807, 2.05) is 4.90 Å². The summed E-state index contributed by atoms with van der Waals surface area (Å²) in [6.07, 6.45) is 2.87. The number of aryl methyl sites for hydroxylation is 1. The van der Waals surface area contributed by atoms with E-state index in [9.17, 15) is 9.59 Å². The van der Waals surface area contributed by atoms with Gasteiger partial charge in [-0.1, -0.05) is 24.2 Å². The second-order valence-electron chi connectivity index (χ2n) is 8.71. The van der Waals surface area contributed by atoms with Gasteiger partial charge in [0.1, 0.15) is 5.76 Å². The first-order valence-electron chi connectivity index (χ1n) is 11.1. The third kappa shape index (κ3) is 5.73. The molecule has 2 aromatic heterocycles. The van der Waals surface area contributed by atoms with Gasteiger partial charge < -0.3 is 23.6 Å². The largest absolute Gasteiger partial charge is 0.380 e. The molecule has 1 fully saturated rings. The van der Waals surface area contributed by atoms with Crippen molar-refractivity contribution in [3.8, 4) is 0 Å². The summed E-state index contributed by atoms with van der Waals surface area (Å²) in [7, 11) is 1.57. The molecular formula is C22H33N5O5. The number of hydrogen-bond donors (Lipinski definition) is 0. The predicted molar refractivity (Wildman–Crippen MR) is 115 cm³/mol. The monoisotopic (exact) mass is 447 g/mol. The summed E-state index contributed by atoms with van der Waals surface area (Å²) in [5, 5.41) is 8.00. The van der Waals surface area contributed by atoms with Gasteiger partial charge in [-0.2, -0.15) is 4.98 Å².